The molecule has 0 amide bonds. The molecule has 0 radical (unpaired) electrons. The van der Waals surface area contributed by atoms with Gasteiger partial charge in [-0.05, 0) is 19.4 Å². The lowest BCUT2D eigenvalue weighted by molar-refractivity contribution is -0.168. The number of esters is 1. The van der Waals surface area contributed by atoms with E-state index in [-0.39, 0.29) is 5.97 Å². The van der Waals surface area contributed by atoms with E-state index in [1.165, 1.54) is 7.11 Å². The third kappa shape index (κ3) is 2.36. The fourth-order valence-electron chi connectivity index (χ4n) is 1.50. The molecule has 0 spiro atoms. The number of benzene rings is 1. The SMILES string of the molecule is CCOC(C)(C(=O)OC)c1ccccc1. The van der Waals surface area contributed by atoms with Gasteiger partial charge in [-0.25, -0.2) is 4.79 Å². The van der Waals surface area contributed by atoms with Gasteiger partial charge in [-0.15, -0.1) is 0 Å². The van der Waals surface area contributed by atoms with Crippen molar-refractivity contribution in [3.05, 3.63) is 35.9 Å². The predicted octanol–water partition coefficient (Wildman–Crippen LogP) is 2.11. The van der Waals surface area contributed by atoms with Gasteiger partial charge in [-0.1, -0.05) is 30.3 Å². The van der Waals surface area contributed by atoms with E-state index in [1.807, 2.05) is 37.3 Å². The third-order valence-electron chi connectivity index (χ3n) is 2.33. The molecule has 1 aromatic carbocycles. The smallest absolute Gasteiger partial charge is 0.342 e. The lowest BCUT2D eigenvalue weighted by Gasteiger charge is -2.26. The number of hydrogen-bond acceptors (Lipinski definition) is 3. The Hall–Kier alpha value is -1.35. The number of rotatable bonds is 4. The van der Waals surface area contributed by atoms with Crippen molar-refractivity contribution in [1.29, 1.82) is 0 Å². The zero-order chi connectivity index (χ0) is 11.3. The lowest BCUT2D eigenvalue weighted by atomic mass is 9.96. The summed E-state index contributed by atoms with van der Waals surface area (Å²) in [5.74, 6) is -0.379. The lowest BCUT2D eigenvalue weighted by Crippen LogP contribution is -2.36. The van der Waals surface area contributed by atoms with Gasteiger partial charge in [-0.3, -0.25) is 0 Å². The van der Waals surface area contributed by atoms with Crippen molar-refractivity contribution < 1.29 is 14.3 Å². The van der Waals surface area contributed by atoms with Crippen LogP contribution in [-0.4, -0.2) is 19.7 Å². The van der Waals surface area contributed by atoms with Crippen LogP contribution in [0.15, 0.2) is 30.3 Å². The summed E-state index contributed by atoms with van der Waals surface area (Å²) >= 11 is 0. The van der Waals surface area contributed by atoms with Crippen LogP contribution in [0.2, 0.25) is 0 Å². The van der Waals surface area contributed by atoms with Crippen LogP contribution in [0, 0.1) is 0 Å². The van der Waals surface area contributed by atoms with Gasteiger partial charge >= 0.3 is 5.97 Å². The minimum Gasteiger partial charge on any atom is -0.467 e. The van der Waals surface area contributed by atoms with E-state index >= 15 is 0 Å². The molecule has 1 rings (SSSR count). The van der Waals surface area contributed by atoms with E-state index < -0.39 is 5.60 Å². The van der Waals surface area contributed by atoms with Crippen LogP contribution < -0.4 is 0 Å². The molecule has 0 saturated heterocycles. The minimum atomic E-state index is -1.01. The highest BCUT2D eigenvalue weighted by molar-refractivity contribution is 5.80. The monoisotopic (exact) mass is 208 g/mol. The largest absolute Gasteiger partial charge is 0.467 e. The maximum absolute atomic E-state index is 11.7. The normalized spacial score (nSPS) is 14.3. The molecular weight excluding hydrogens is 192 g/mol. The van der Waals surface area contributed by atoms with Crippen molar-refractivity contribution in [2.45, 2.75) is 19.4 Å². The van der Waals surface area contributed by atoms with Gasteiger partial charge in [0.2, 0.25) is 0 Å². The van der Waals surface area contributed by atoms with Crippen LogP contribution >= 0.6 is 0 Å². The van der Waals surface area contributed by atoms with Crippen molar-refractivity contribution >= 4 is 5.97 Å². The quantitative estimate of drug-likeness (QED) is 0.711. The van der Waals surface area contributed by atoms with Crippen molar-refractivity contribution in [2.24, 2.45) is 0 Å². The number of hydrogen-bond donors (Lipinski definition) is 0. The Morgan fingerprint density at radius 1 is 1.33 bits per heavy atom. The van der Waals surface area contributed by atoms with E-state index in [4.69, 9.17) is 9.47 Å². The van der Waals surface area contributed by atoms with Gasteiger partial charge < -0.3 is 9.47 Å². The Labute approximate surface area is 90.0 Å². The summed E-state index contributed by atoms with van der Waals surface area (Å²) in [6.45, 7) is 4.03. The van der Waals surface area contributed by atoms with Gasteiger partial charge in [0.05, 0.1) is 7.11 Å². The molecule has 0 N–H and O–H groups in total. The Morgan fingerprint density at radius 2 is 1.93 bits per heavy atom. The molecule has 1 aromatic rings. The maximum Gasteiger partial charge on any atom is 0.342 e. The molecule has 0 aromatic heterocycles. The topological polar surface area (TPSA) is 35.5 Å². The van der Waals surface area contributed by atoms with E-state index in [1.54, 1.807) is 6.92 Å². The number of methoxy groups -OCH3 is 1. The standard InChI is InChI=1S/C12H16O3/c1-4-15-12(2,11(13)14-3)10-8-6-5-7-9-10/h5-9H,4H2,1-3H3. The third-order valence-corrected chi connectivity index (χ3v) is 2.33. The number of ether oxygens (including phenoxy) is 2. The molecule has 0 aliphatic carbocycles. The van der Waals surface area contributed by atoms with E-state index in [2.05, 4.69) is 0 Å². The highest BCUT2D eigenvalue weighted by Gasteiger charge is 2.36. The summed E-state index contributed by atoms with van der Waals surface area (Å²) in [5, 5.41) is 0. The highest BCUT2D eigenvalue weighted by atomic mass is 16.6. The van der Waals surface area contributed by atoms with Crippen LogP contribution in [0.3, 0.4) is 0 Å². The first-order valence-corrected chi connectivity index (χ1v) is 4.93. The summed E-state index contributed by atoms with van der Waals surface area (Å²) in [5.41, 5.74) is -0.205. The van der Waals surface area contributed by atoms with Crippen molar-refractivity contribution in [3.8, 4) is 0 Å². The van der Waals surface area contributed by atoms with Gasteiger partial charge in [0.1, 0.15) is 0 Å². The summed E-state index contributed by atoms with van der Waals surface area (Å²) in [6.07, 6.45) is 0. The first-order valence-electron chi connectivity index (χ1n) is 4.93. The van der Waals surface area contributed by atoms with Crippen LogP contribution in [-0.2, 0) is 19.9 Å². The molecule has 15 heavy (non-hydrogen) atoms. The summed E-state index contributed by atoms with van der Waals surface area (Å²) < 4.78 is 10.3. The van der Waals surface area contributed by atoms with Gasteiger partial charge in [-0.2, -0.15) is 0 Å². The van der Waals surface area contributed by atoms with Gasteiger partial charge in [0, 0.05) is 6.61 Å². The minimum absolute atomic E-state index is 0.379. The number of carbonyl (C=O) groups excluding carboxylic acids is 1. The highest BCUT2D eigenvalue weighted by Crippen LogP contribution is 2.26. The molecular formula is C12H16O3. The molecule has 0 aliphatic rings. The zero-order valence-electron chi connectivity index (χ0n) is 9.32. The fourth-order valence-corrected chi connectivity index (χ4v) is 1.50. The van der Waals surface area contributed by atoms with Crippen molar-refractivity contribution in [1.82, 2.24) is 0 Å². The van der Waals surface area contributed by atoms with Gasteiger partial charge in [0.25, 0.3) is 0 Å². The van der Waals surface area contributed by atoms with Gasteiger partial charge in [0.15, 0.2) is 5.60 Å². The molecule has 0 bridgehead atoms. The van der Waals surface area contributed by atoms with Crippen LogP contribution in [0.25, 0.3) is 0 Å². The summed E-state index contributed by atoms with van der Waals surface area (Å²) in [6, 6.07) is 9.34. The molecule has 1 atom stereocenters. The van der Waals surface area contributed by atoms with Crippen LogP contribution in [0.5, 0.6) is 0 Å². The van der Waals surface area contributed by atoms with E-state index in [0.717, 1.165) is 5.56 Å². The van der Waals surface area contributed by atoms with E-state index in [9.17, 15) is 4.79 Å². The van der Waals surface area contributed by atoms with Crippen molar-refractivity contribution in [2.75, 3.05) is 13.7 Å². The molecule has 0 aliphatic heterocycles. The first kappa shape index (κ1) is 11.7. The Bertz CT molecular complexity index is 321. The summed E-state index contributed by atoms with van der Waals surface area (Å²) in [4.78, 5) is 11.7. The molecule has 0 heterocycles. The Balaban J connectivity index is 3.06. The zero-order valence-corrected chi connectivity index (χ0v) is 9.32. The first-order chi connectivity index (χ1) is 7.15. The summed E-state index contributed by atoms with van der Waals surface area (Å²) in [7, 11) is 1.36. The molecule has 0 saturated carbocycles. The average molecular weight is 208 g/mol. The average Bonchev–Trinajstić information content (AvgIpc) is 2.29. The number of carbonyl (C=O) groups is 1. The second-order valence-corrected chi connectivity index (χ2v) is 3.32. The second-order valence-electron chi connectivity index (χ2n) is 3.32. The molecule has 1 unspecified atom stereocenters. The molecule has 82 valence electrons. The Morgan fingerprint density at radius 3 is 2.40 bits per heavy atom. The van der Waals surface area contributed by atoms with E-state index in [0.29, 0.717) is 6.61 Å². The molecule has 0 fully saturated rings. The fraction of sp³-hybridized carbons (Fsp3) is 0.417. The molecule has 3 heteroatoms. The maximum atomic E-state index is 11.7. The van der Waals surface area contributed by atoms with Crippen molar-refractivity contribution in [3.63, 3.8) is 0 Å². The second kappa shape index (κ2) is 4.94. The molecule has 3 nitrogen and oxygen atoms in total. The predicted molar refractivity (Wildman–Crippen MR) is 57.4 cm³/mol. The Kier molecular flexibility index (Phi) is 3.86. The van der Waals surface area contributed by atoms with Crippen LogP contribution in [0.4, 0.5) is 0 Å². The van der Waals surface area contributed by atoms with Crippen LogP contribution in [0.1, 0.15) is 19.4 Å².